The van der Waals surface area contributed by atoms with E-state index in [1.54, 1.807) is 6.07 Å². The van der Waals surface area contributed by atoms with Crippen LogP contribution in [-0.4, -0.2) is 48.0 Å². The largest absolute Gasteiger partial charge is 0.396 e. The number of halogens is 1. The zero-order chi connectivity index (χ0) is 22.4. The normalized spacial score (nSPS) is 15.3. The smallest absolute Gasteiger partial charge is 0.257 e. The SMILES string of the molecule is CS(=O)(=O)c1ccc(/C(=C\C2CCCC2)C(=O)Nc2cnc(SCCO)cn2)cc1Cl. The molecule has 2 N–H and O–H groups in total. The fourth-order valence-electron chi connectivity index (χ4n) is 3.42. The topological polar surface area (TPSA) is 109 Å². The number of nitrogens with one attached hydrogen (secondary N) is 1. The number of sulfone groups is 1. The predicted octanol–water partition coefficient (Wildman–Crippen LogP) is 3.83. The highest BCUT2D eigenvalue weighted by Crippen LogP contribution is 2.32. The number of amides is 1. The number of hydrogen-bond acceptors (Lipinski definition) is 7. The highest BCUT2D eigenvalue weighted by Gasteiger charge is 2.21. The summed E-state index contributed by atoms with van der Waals surface area (Å²) >= 11 is 7.58. The van der Waals surface area contributed by atoms with Gasteiger partial charge in [-0.1, -0.05) is 36.6 Å². The Kier molecular flexibility index (Phi) is 8.10. The summed E-state index contributed by atoms with van der Waals surface area (Å²) in [6.45, 7) is 0.0425. The first-order valence-corrected chi connectivity index (χ1v) is 13.1. The lowest BCUT2D eigenvalue weighted by Gasteiger charge is -2.13. The average Bonchev–Trinajstić information content (AvgIpc) is 3.23. The molecule has 0 spiro atoms. The van der Waals surface area contributed by atoms with E-state index in [4.69, 9.17) is 16.7 Å². The number of carbonyl (C=O) groups is 1. The first-order chi connectivity index (χ1) is 14.8. The first-order valence-electron chi connectivity index (χ1n) is 9.87. The number of carbonyl (C=O) groups excluding carboxylic acids is 1. The van der Waals surface area contributed by atoms with Crippen LogP contribution in [0.4, 0.5) is 5.82 Å². The standard InChI is InChI=1S/C21H24ClN3O4S2/c1-31(28,29)18-7-6-15(11-17(18)22)16(10-14-4-2-3-5-14)21(27)25-19-12-24-20(13-23-19)30-9-8-26/h6-7,10-14,26H,2-5,8-9H2,1H3,(H,23,25,27)/b16-10+. The Morgan fingerprint density at radius 3 is 2.61 bits per heavy atom. The number of hydrogen-bond donors (Lipinski definition) is 2. The summed E-state index contributed by atoms with van der Waals surface area (Å²) in [6.07, 6.45) is 10.3. The fourth-order valence-corrected chi connectivity index (χ4v) is 5.31. The minimum atomic E-state index is -3.47. The molecule has 10 heteroatoms. The van der Waals surface area contributed by atoms with Gasteiger partial charge in [0.15, 0.2) is 15.7 Å². The van der Waals surface area contributed by atoms with Gasteiger partial charge in [0, 0.05) is 17.6 Å². The molecule has 31 heavy (non-hydrogen) atoms. The molecule has 0 atom stereocenters. The van der Waals surface area contributed by atoms with Crippen molar-refractivity contribution in [3.63, 3.8) is 0 Å². The van der Waals surface area contributed by atoms with Crippen molar-refractivity contribution in [2.75, 3.05) is 23.9 Å². The Labute approximate surface area is 191 Å². The third kappa shape index (κ3) is 6.52. The zero-order valence-electron chi connectivity index (χ0n) is 17.0. The third-order valence-electron chi connectivity index (χ3n) is 4.90. The van der Waals surface area contributed by atoms with Crippen LogP contribution < -0.4 is 5.32 Å². The van der Waals surface area contributed by atoms with Gasteiger partial charge in [-0.05, 0) is 36.5 Å². The Hall–Kier alpha value is -1.94. The Morgan fingerprint density at radius 1 is 1.29 bits per heavy atom. The van der Waals surface area contributed by atoms with Crippen LogP contribution in [0.1, 0.15) is 31.2 Å². The number of aromatic nitrogens is 2. The monoisotopic (exact) mass is 481 g/mol. The Balaban J connectivity index is 1.87. The maximum Gasteiger partial charge on any atom is 0.257 e. The molecule has 0 unspecified atom stereocenters. The molecular weight excluding hydrogens is 458 g/mol. The van der Waals surface area contributed by atoms with Crippen molar-refractivity contribution in [1.82, 2.24) is 9.97 Å². The van der Waals surface area contributed by atoms with Gasteiger partial charge in [-0.2, -0.15) is 0 Å². The minimum Gasteiger partial charge on any atom is -0.396 e. The second kappa shape index (κ2) is 10.6. The van der Waals surface area contributed by atoms with E-state index in [1.165, 1.54) is 36.3 Å². The van der Waals surface area contributed by atoms with Gasteiger partial charge in [0.1, 0.15) is 5.03 Å². The molecule has 3 rings (SSSR count). The summed E-state index contributed by atoms with van der Waals surface area (Å²) in [6, 6.07) is 4.54. The van der Waals surface area contributed by atoms with E-state index in [9.17, 15) is 13.2 Å². The summed E-state index contributed by atoms with van der Waals surface area (Å²) in [4.78, 5) is 21.6. The lowest BCUT2D eigenvalue weighted by molar-refractivity contribution is -0.111. The highest BCUT2D eigenvalue weighted by atomic mass is 35.5. The van der Waals surface area contributed by atoms with Crippen LogP contribution in [0.5, 0.6) is 0 Å². The van der Waals surface area contributed by atoms with E-state index in [0.29, 0.717) is 27.7 Å². The van der Waals surface area contributed by atoms with Gasteiger partial charge in [-0.15, -0.1) is 11.8 Å². The number of nitrogens with zero attached hydrogens (tertiary/aromatic N) is 2. The van der Waals surface area contributed by atoms with Crippen LogP contribution in [0.25, 0.3) is 5.57 Å². The van der Waals surface area contributed by atoms with E-state index in [0.717, 1.165) is 31.9 Å². The van der Waals surface area contributed by atoms with Crippen LogP contribution in [-0.2, 0) is 14.6 Å². The predicted molar refractivity (Wildman–Crippen MR) is 123 cm³/mol. The van der Waals surface area contributed by atoms with E-state index in [1.807, 2.05) is 6.08 Å². The Morgan fingerprint density at radius 2 is 2.03 bits per heavy atom. The van der Waals surface area contributed by atoms with Crippen LogP contribution in [0, 0.1) is 5.92 Å². The van der Waals surface area contributed by atoms with Gasteiger partial charge in [0.2, 0.25) is 0 Å². The van der Waals surface area contributed by atoms with E-state index in [2.05, 4.69) is 15.3 Å². The molecule has 1 amide bonds. The molecule has 1 heterocycles. The molecule has 1 fully saturated rings. The lowest BCUT2D eigenvalue weighted by atomic mass is 9.98. The number of rotatable bonds is 8. The fraction of sp³-hybridized carbons (Fsp3) is 0.381. The van der Waals surface area contributed by atoms with Gasteiger partial charge >= 0.3 is 0 Å². The number of thioether (sulfide) groups is 1. The van der Waals surface area contributed by atoms with Crippen LogP contribution in [0.15, 0.2) is 46.6 Å². The van der Waals surface area contributed by atoms with Crippen molar-refractivity contribution >= 4 is 50.5 Å². The molecule has 166 valence electrons. The Bertz CT molecular complexity index is 1070. The molecule has 1 aromatic heterocycles. The molecule has 7 nitrogen and oxygen atoms in total. The van der Waals surface area contributed by atoms with Gasteiger partial charge in [0.05, 0.1) is 28.9 Å². The lowest BCUT2D eigenvalue weighted by Crippen LogP contribution is -2.16. The second-order valence-corrected chi connectivity index (χ2v) is 10.8. The van der Waals surface area contributed by atoms with Crippen molar-refractivity contribution in [2.45, 2.75) is 35.6 Å². The molecule has 0 bridgehead atoms. The van der Waals surface area contributed by atoms with Crippen LogP contribution in [0.3, 0.4) is 0 Å². The quantitative estimate of drug-likeness (QED) is 0.435. The van der Waals surface area contributed by atoms with Gasteiger partial charge < -0.3 is 10.4 Å². The summed E-state index contributed by atoms with van der Waals surface area (Å²) in [7, 11) is -3.47. The molecule has 1 aromatic carbocycles. The first kappa shape index (κ1) is 23.7. The maximum atomic E-state index is 13.1. The molecule has 0 aliphatic heterocycles. The second-order valence-electron chi connectivity index (χ2n) is 7.31. The van der Waals surface area contributed by atoms with Crippen molar-refractivity contribution in [3.8, 4) is 0 Å². The van der Waals surface area contributed by atoms with Gasteiger partial charge in [0.25, 0.3) is 5.91 Å². The number of aliphatic hydroxyl groups excluding tert-OH is 1. The molecule has 0 radical (unpaired) electrons. The van der Waals surface area contributed by atoms with Crippen LogP contribution in [0.2, 0.25) is 5.02 Å². The molecule has 1 aliphatic carbocycles. The van der Waals surface area contributed by atoms with Crippen molar-refractivity contribution in [3.05, 3.63) is 47.3 Å². The number of aliphatic hydroxyl groups is 1. The number of allylic oxidation sites excluding steroid dienone is 1. The zero-order valence-corrected chi connectivity index (χ0v) is 19.4. The molecule has 1 aliphatic rings. The minimum absolute atomic E-state index is 0.0281. The van der Waals surface area contributed by atoms with E-state index < -0.39 is 9.84 Å². The average molecular weight is 482 g/mol. The molecule has 0 saturated heterocycles. The van der Waals surface area contributed by atoms with E-state index >= 15 is 0 Å². The molecule has 2 aromatic rings. The van der Waals surface area contributed by atoms with Crippen molar-refractivity contribution in [2.24, 2.45) is 5.92 Å². The van der Waals surface area contributed by atoms with Gasteiger partial charge in [-0.3, -0.25) is 4.79 Å². The van der Waals surface area contributed by atoms with Crippen LogP contribution >= 0.6 is 23.4 Å². The molecule has 1 saturated carbocycles. The molecular formula is C21H24ClN3O4S2. The van der Waals surface area contributed by atoms with Gasteiger partial charge in [-0.25, -0.2) is 18.4 Å². The summed E-state index contributed by atoms with van der Waals surface area (Å²) < 4.78 is 23.7. The summed E-state index contributed by atoms with van der Waals surface area (Å²) in [5.41, 5.74) is 0.972. The maximum absolute atomic E-state index is 13.1. The third-order valence-corrected chi connectivity index (χ3v) is 7.37. The summed E-state index contributed by atoms with van der Waals surface area (Å²) in [5, 5.41) is 12.4. The number of anilines is 1. The van der Waals surface area contributed by atoms with Crippen molar-refractivity contribution in [1.29, 1.82) is 0 Å². The van der Waals surface area contributed by atoms with E-state index in [-0.39, 0.29) is 28.4 Å². The summed E-state index contributed by atoms with van der Waals surface area (Å²) in [5.74, 6) is 0.728. The highest BCUT2D eigenvalue weighted by molar-refractivity contribution is 7.99. The number of benzene rings is 1. The van der Waals surface area contributed by atoms with Crippen molar-refractivity contribution < 1.29 is 18.3 Å².